The molecule has 0 unspecified atom stereocenters. The van der Waals surface area contributed by atoms with Gasteiger partial charge in [0.25, 0.3) is 5.91 Å². The van der Waals surface area contributed by atoms with Crippen LogP contribution < -0.4 is 5.73 Å². The normalized spacial score (nSPS) is 15.1. The van der Waals surface area contributed by atoms with E-state index in [0.29, 0.717) is 44.0 Å². The quantitative estimate of drug-likeness (QED) is 0.854. The molecule has 0 bridgehead atoms. The Morgan fingerprint density at radius 1 is 1.30 bits per heavy atom. The van der Waals surface area contributed by atoms with Gasteiger partial charge in [-0.05, 0) is 13.0 Å². The molecule has 20 heavy (non-hydrogen) atoms. The van der Waals surface area contributed by atoms with Crippen LogP contribution in [0.2, 0.25) is 0 Å². The van der Waals surface area contributed by atoms with Crippen LogP contribution in [0.25, 0.3) is 0 Å². The number of amides is 2. The molecular formula is C13H18N4O3. The van der Waals surface area contributed by atoms with E-state index in [2.05, 4.69) is 4.98 Å². The van der Waals surface area contributed by atoms with E-state index in [1.54, 1.807) is 29.0 Å². The van der Waals surface area contributed by atoms with Crippen molar-refractivity contribution in [2.24, 2.45) is 0 Å². The fraction of sp³-hybridized carbons (Fsp3) is 0.462. The molecule has 2 N–H and O–H groups in total. The lowest BCUT2D eigenvalue weighted by Crippen LogP contribution is -2.50. The third-order valence-electron chi connectivity index (χ3n) is 3.18. The molecule has 2 amide bonds. The largest absolute Gasteiger partial charge is 0.450 e. The highest BCUT2D eigenvalue weighted by atomic mass is 16.6. The number of hydrogen-bond acceptors (Lipinski definition) is 5. The number of nitrogen functional groups attached to an aromatic ring is 1. The van der Waals surface area contributed by atoms with Crippen LogP contribution in [0, 0.1) is 0 Å². The number of carbonyl (C=O) groups excluding carboxylic acids is 2. The zero-order valence-electron chi connectivity index (χ0n) is 11.4. The van der Waals surface area contributed by atoms with Crippen LogP contribution in [0.3, 0.4) is 0 Å². The Hall–Kier alpha value is -2.31. The van der Waals surface area contributed by atoms with Crippen LogP contribution in [-0.2, 0) is 4.74 Å². The number of ether oxygens (including phenoxy) is 1. The maximum Gasteiger partial charge on any atom is 0.409 e. The van der Waals surface area contributed by atoms with Crippen LogP contribution in [0.1, 0.15) is 17.3 Å². The van der Waals surface area contributed by atoms with E-state index < -0.39 is 0 Å². The van der Waals surface area contributed by atoms with E-state index in [1.807, 2.05) is 0 Å². The molecule has 0 aromatic carbocycles. The molecule has 1 aromatic heterocycles. The molecule has 1 aliphatic heterocycles. The van der Waals surface area contributed by atoms with Crippen LogP contribution in [0.5, 0.6) is 0 Å². The van der Waals surface area contributed by atoms with Gasteiger partial charge in [-0.2, -0.15) is 0 Å². The standard InChI is InChI=1S/C13H18N4O3/c1-2-20-13(19)17-7-5-16(6-8-17)12(18)10-9-15-4-3-11(10)14/h3-4,9H,2,5-8H2,1H3,(H2,14,15). The molecule has 1 fully saturated rings. The van der Waals surface area contributed by atoms with Crippen molar-refractivity contribution in [3.8, 4) is 0 Å². The number of rotatable bonds is 2. The molecule has 0 atom stereocenters. The zero-order valence-corrected chi connectivity index (χ0v) is 11.4. The summed E-state index contributed by atoms with van der Waals surface area (Å²) in [6.07, 6.45) is 2.68. The first-order valence-electron chi connectivity index (χ1n) is 6.54. The van der Waals surface area contributed by atoms with Crippen molar-refractivity contribution in [3.05, 3.63) is 24.0 Å². The Morgan fingerprint density at radius 3 is 2.55 bits per heavy atom. The molecule has 1 saturated heterocycles. The average Bonchev–Trinajstić information content (AvgIpc) is 2.47. The topological polar surface area (TPSA) is 88.8 Å². The predicted molar refractivity (Wildman–Crippen MR) is 73.1 cm³/mol. The summed E-state index contributed by atoms with van der Waals surface area (Å²) < 4.78 is 4.93. The number of hydrogen-bond donors (Lipinski definition) is 1. The van der Waals surface area contributed by atoms with Crippen molar-refractivity contribution in [3.63, 3.8) is 0 Å². The minimum absolute atomic E-state index is 0.154. The lowest BCUT2D eigenvalue weighted by Gasteiger charge is -2.34. The van der Waals surface area contributed by atoms with Gasteiger partial charge < -0.3 is 20.3 Å². The van der Waals surface area contributed by atoms with E-state index in [-0.39, 0.29) is 12.0 Å². The van der Waals surface area contributed by atoms with Gasteiger partial charge in [0.2, 0.25) is 0 Å². The second kappa shape index (κ2) is 6.23. The minimum Gasteiger partial charge on any atom is -0.450 e. The lowest BCUT2D eigenvalue weighted by atomic mass is 10.2. The Morgan fingerprint density at radius 2 is 1.95 bits per heavy atom. The summed E-state index contributed by atoms with van der Waals surface area (Å²) in [7, 11) is 0. The second-order valence-electron chi connectivity index (χ2n) is 4.44. The Bertz CT molecular complexity index is 498. The molecule has 0 aliphatic carbocycles. The summed E-state index contributed by atoms with van der Waals surface area (Å²) in [4.78, 5) is 31.0. The molecule has 7 heteroatoms. The Labute approximate surface area is 117 Å². The van der Waals surface area contributed by atoms with Gasteiger partial charge in [-0.3, -0.25) is 9.78 Å². The van der Waals surface area contributed by atoms with E-state index >= 15 is 0 Å². The first kappa shape index (κ1) is 14.1. The van der Waals surface area contributed by atoms with Crippen molar-refractivity contribution in [2.45, 2.75) is 6.92 Å². The summed E-state index contributed by atoms with van der Waals surface area (Å²) in [5, 5.41) is 0. The average molecular weight is 278 g/mol. The highest BCUT2D eigenvalue weighted by Gasteiger charge is 2.26. The summed E-state index contributed by atoms with van der Waals surface area (Å²) in [5.74, 6) is -0.154. The predicted octanol–water partition coefficient (Wildman–Crippen LogP) is 0.578. The lowest BCUT2D eigenvalue weighted by molar-refractivity contribution is 0.0571. The van der Waals surface area contributed by atoms with E-state index in [1.165, 1.54) is 6.20 Å². The molecule has 0 radical (unpaired) electrons. The molecule has 108 valence electrons. The van der Waals surface area contributed by atoms with E-state index in [4.69, 9.17) is 10.5 Å². The zero-order chi connectivity index (χ0) is 14.5. The number of pyridine rings is 1. The maximum atomic E-state index is 12.3. The maximum absolute atomic E-state index is 12.3. The third-order valence-corrected chi connectivity index (χ3v) is 3.18. The van der Waals surface area contributed by atoms with Crippen LogP contribution in [0.15, 0.2) is 18.5 Å². The smallest absolute Gasteiger partial charge is 0.409 e. The molecule has 0 spiro atoms. The van der Waals surface area contributed by atoms with Gasteiger partial charge in [-0.15, -0.1) is 0 Å². The number of anilines is 1. The minimum atomic E-state index is -0.333. The molecule has 1 aliphatic rings. The van der Waals surface area contributed by atoms with Crippen molar-refractivity contribution >= 4 is 17.7 Å². The van der Waals surface area contributed by atoms with Gasteiger partial charge in [-0.25, -0.2) is 4.79 Å². The fourth-order valence-electron chi connectivity index (χ4n) is 2.06. The highest BCUT2D eigenvalue weighted by Crippen LogP contribution is 2.14. The van der Waals surface area contributed by atoms with Gasteiger partial charge in [0.1, 0.15) is 0 Å². The first-order valence-corrected chi connectivity index (χ1v) is 6.54. The van der Waals surface area contributed by atoms with Crippen molar-refractivity contribution in [1.29, 1.82) is 0 Å². The molecule has 1 aromatic rings. The number of aromatic nitrogens is 1. The summed E-state index contributed by atoms with van der Waals surface area (Å²) in [5.41, 5.74) is 6.59. The van der Waals surface area contributed by atoms with Gasteiger partial charge in [-0.1, -0.05) is 0 Å². The Kier molecular flexibility index (Phi) is 4.39. The van der Waals surface area contributed by atoms with Gasteiger partial charge in [0.15, 0.2) is 0 Å². The van der Waals surface area contributed by atoms with Gasteiger partial charge in [0, 0.05) is 44.3 Å². The van der Waals surface area contributed by atoms with Crippen molar-refractivity contribution in [2.75, 3.05) is 38.5 Å². The molecule has 2 heterocycles. The molecule has 0 saturated carbocycles. The van der Waals surface area contributed by atoms with Gasteiger partial charge >= 0.3 is 6.09 Å². The third kappa shape index (κ3) is 2.98. The highest BCUT2D eigenvalue weighted by molar-refractivity contribution is 5.98. The van der Waals surface area contributed by atoms with Crippen LogP contribution >= 0.6 is 0 Å². The van der Waals surface area contributed by atoms with Crippen LogP contribution in [-0.4, -0.2) is 59.6 Å². The summed E-state index contributed by atoms with van der Waals surface area (Å²) in [6.45, 7) is 3.97. The Balaban J connectivity index is 1.96. The number of nitrogens with zero attached hydrogens (tertiary/aromatic N) is 3. The SMILES string of the molecule is CCOC(=O)N1CCN(C(=O)c2cnccc2N)CC1. The van der Waals surface area contributed by atoms with E-state index in [0.717, 1.165) is 0 Å². The monoisotopic (exact) mass is 278 g/mol. The number of nitrogens with two attached hydrogens (primary N) is 1. The second-order valence-corrected chi connectivity index (χ2v) is 4.44. The van der Waals surface area contributed by atoms with Crippen molar-refractivity contribution in [1.82, 2.24) is 14.8 Å². The fourth-order valence-corrected chi connectivity index (χ4v) is 2.06. The first-order chi connectivity index (χ1) is 9.63. The number of carbonyl (C=O) groups is 2. The molecule has 2 rings (SSSR count). The molecule has 7 nitrogen and oxygen atoms in total. The number of piperazine rings is 1. The summed E-state index contributed by atoms with van der Waals surface area (Å²) in [6, 6.07) is 1.60. The van der Waals surface area contributed by atoms with E-state index in [9.17, 15) is 9.59 Å². The summed E-state index contributed by atoms with van der Waals surface area (Å²) >= 11 is 0. The van der Waals surface area contributed by atoms with Crippen molar-refractivity contribution < 1.29 is 14.3 Å². The van der Waals surface area contributed by atoms with Gasteiger partial charge in [0.05, 0.1) is 12.2 Å². The molecular weight excluding hydrogens is 260 g/mol. The van der Waals surface area contributed by atoms with Crippen LogP contribution in [0.4, 0.5) is 10.5 Å².